The van der Waals surface area contributed by atoms with Crippen LogP contribution in [0.25, 0.3) is 0 Å². The van der Waals surface area contributed by atoms with Gasteiger partial charge in [-0.25, -0.2) is 0 Å². The number of aryl methyl sites for hydroxylation is 2. The molecular formula is C26H34O4. The molecule has 0 aliphatic carbocycles. The van der Waals surface area contributed by atoms with Gasteiger partial charge < -0.3 is 9.47 Å². The van der Waals surface area contributed by atoms with E-state index < -0.39 is 23.5 Å². The Hall–Kier alpha value is -2.62. The highest BCUT2D eigenvalue weighted by Crippen LogP contribution is 2.31. The first-order chi connectivity index (χ1) is 14.0. The third kappa shape index (κ3) is 7.01. The fraction of sp³-hybridized carbons (Fsp3) is 0.462. The summed E-state index contributed by atoms with van der Waals surface area (Å²) in [5, 5.41) is 0. The van der Waals surface area contributed by atoms with Gasteiger partial charge in [-0.2, -0.15) is 0 Å². The van der Waals surface area contributed by atoms with Gasteiger partial charge in [0, 0.05) is 5.92 Å². The van der Waals surface area contributed by atoms with Crippen molar-refractivity contribution in [3.8, 4) is 0 Å². The van der Waals surface area contributed by atoms with Gasteiger partial charge in [0.1, 0.15) is 11.7 Å². The Balaban J connectivity index is 2.16. The van der Waals surface area contributed by atoms with Crippen molar-refractivity contribution in [3.05, 3.63) is 70.8 Å². The molecule has 0 aromatic heterocycles. The second-order valence-corrected chi connectivity index (χ2v) is 9.13. The highest BCUT2D eigenvalue weighted by molar-refractivity contribution is 5.80. The van der Waals surface area contributed by atoms with Crippen LogP contribution in [-0.4, -0.2) is 23.6 Å². The molecule has 0 bridgehead atoms. The quantitative estimate of drug-likeness (QED) is 0.547. The average molecular weight is 411 g/mol. The van der Waals surface area contributed by atoms with E-state index >= 15 is 0 Å². The molecule has 0 radical (unpaired) electrons. The molecule has 0 amide bonds. The molecule has 2 aromatic carbocycles. The highest BCUT2D eigenvalue weighted by atomic mass is 16.6. The summed E-state index contributed by atoms with van der Waals surface area (Å²) in [5.74, 6) is -1.45. The summed E-state index contributed by atoms with van der Waals surface area (Å²) in [6.45, 7) is 13.1. The lowest BCUT2D eigenvalue weighted by atomic mass is 9.86. The highest BCUT2D eigenvalue weighted by Gasteiger charge is 2.28. The van der Waals surface area contributed by atoms with Crippen LogP contribution in [0.2, 0.25) is 0 Å². The van der Waals surface area contributed by atoms with Crippen LogP contribution in [0.3, 0.4) is 0 Å². The maximum Gasteiger partial charge on any atom is 0.309 e. The van der Waals surface area contributed by atoms with Crippen LogP contribution in [0.1, 0.15) is 69.2 Å². The molecule has 0 fully saturated rings. The van der Waals surface area contributed by atoms with Crippen molar-refractivity contribution >= 4 is 11.9 Å². The summed E-state index contributed by atoms with van der Waals surface area (Å²) in [7, 11) is 0. The van der Waals surface area contributed by atoms with Crippen LogP contribution in [0.5, 0.6) is 0 Å². The minimum Gasteiger partial charge on any atom is -0.461 e. The number of carbonyl (C=O) groups is 2. The van der Waals surface area contributed by atoms with Crippen LogP contribution >= 0.6 is 0 Å². The van der Waals surface area contributed by atoms with Crippen LogP contribution in [0, 0.1) is 19.8 Å². The van der Waals surface area contributed by atoms with Gasteiger partial charge in [0.05, 0.1) is 12.3 Å². The minimum atomic E-state index is -0.573. The molecule has 162 valence electrons. The van der Waals surface area contributed by atoms with Crippen molar-refractivity contribution in [1.82, 2.24) is 0 Å². The summed E-state index contributed by atoms with van der Waals surface area (Å²) in [5.41, 5.74) is 3.96. The Kier molecular flexibility index (Phi) is 7.83. The first kappa shape index (κ1) is 23.7. The van der Waals surface area contributed by atoms with E-state index in [1.165, 1.54) is 11.1 Å². The van der Waals surface area contributed by atoms with E-state index in [0.29, 0.717) is 0 Å². The van der Waals surface area contributed by atoms with E-state index in [1.54, 1.807) is 6.92 Å². The normalized spacial score (nSPS) is 13.6. The number of benzene rings is 2. The standard InChI is InChI=1S/C26H34O4/c1-17-8-12-21(13-9-17)24(22-14-10-18(2)11-15-22)20(4)29-25(28)19(3)16-23(27)30-26(5,6)7/h8-15,19-20,24H,16H2,1-7H3/t19-,20+/m1/s1. The van der Waals surface area contributed by atoms with Crippen molar-refractivity contribution in [2.45, 2.75) is 72.5 Å². The van der Waals surface area contributed by atoms with E-state index in [-0.39, 0.29) is 18.4 Å². The van der Waals surface area contributed by atoms with E-state index in [4.69, 9.17) is 9.47 Å². The van der Waals surface area contributed by atoms with Gasteiger partial charge in [0.2, 0.25) is 0 Å². The number of hydrogen-bond donors (Lipinski definition) is 0. The number of esters is 2. The lowest BCUT2D eigenvalue weighted by molar-refractivity contribution is -0.163. The van der Waals surface area contributed by atoms with Crippen molar-refractivity contribution in [2.75, 3.05) is 0 Å². The van der Waals surface area contributed by atoms with Gasteiger partial charge >= 0.3 is 11.9 Å². The van der Waals surface area contributed by atoms with Crippen LogP contribution < -0.4 is 0 Å². The van der Waals surface area contributed by atoms with E-state index in [2.05, 4.69) is 48.5 Å². The minimum absolute atomic E-state index is 0.00253. The summed E-state index contributed by atoms with van der Waals surface area (Å²) >= 11 is 0. The number of rotatable bonds is 7. The fourth-order valence-corrected chi connectivity index (χ4v) is 3.37. The molecule has 0 spiro atoms. The molecule has 4 nitrogen and oxygen atoms in total. The molecular weight excluding hydrogens is 376 g/mol. The van der Waals surface area contributed by atoms with Crippen molar-refractivity contribution in [1.29, 1.82) is 0 Å². The molecule has 2 rings (SSSR count). The molecule has 4 heteroatoms. The van der Waals surface area contributed by atoms with Gasteiger partial charge in [-0.1, -0.05) is 66.6 Å². The van der Waals surface area contributed by atoms with Crippen LogP contribution in [-0.2, 0) is 19.1 Å². The zero-order chi connectivity index (χ0) is 22.5. The lowest BCUT2D eigenvalue weighted by Gasteiger charge is -2.27. The van der Waals surface area contributed by atoms with E-state index in [1.807, 2.05) is 41.5 Å². The molecule has 2 atom stereocenters. The Morgan fingerprint density at radius 3 is 1.67 bits per heavy atom. The Bertz CT molecular complexity index is 799. The first-order valence-electron chi connectivity index (χ1n) is 10.5. The Morgan fingerprint density at radius 2 is 1.27 bits per heavy atom. The summed E-state index contributed by atoms with van der Waals surface area (Å²) < 4.78 is 11.2. The van der Waals surface area contributed by atoms with Crippen LogP contribution in [0.15, 0.2) is 48.5 Å². The second-order valence-electron chi connectivity index (χ2n) is 9.13. The molecule has 0 saturated heterocycles. The van der Waals surface area contributed by atoms with Crippen molar-refractivity contribution < 1.29 is 19.1 Å². The smallest absolute Gasteiger partial charge is 0.309 e. The predicted octanol–water partition coefficient (Wildman–Crippen LogP) is 5.73. The molecule has 0 N–H and O–H groups in total. The third-order valence-corrected chi connectivity index (χ3v) is 4.94. The second kappa shape index (κ2) is 9.92. The molecule has 30 heavy (non-hydrogen) atoms. The van der Waals surface area contributed by atoms with Crippen LogP contribution in [0.4, 0.5) is 0 Å². The largest absolute Gasteiger partial charge is 0.461 e. The summed E-state index contributed by atoms with van der Waals surface area (Å²) in [6.07, 6.45) is -0.383. The first-order valence-corrected chi connectivity index (χ1v) is 10.5. The predicted molar refractivity (Wildman–Crippen MR) is 119 cm³/mol. The topological polar surface area (TPSA) is 52.6 Å². The number of ether oxygens (including phenoxy) is 2. The van der Waals surface area contributed by atoms with Crippen molar-refractivity contribution in [2.24, 2.45) is 5.92 Å². The fourth-order valence-electron chi connectivity index (χ4n) is 3.37. The SMILES string of the molecule is Cc1ccc(C(c2ccc(C)cc2)[C@H](C)OC(=O)[C@H](C)CC(=O)OC(C)(C)C)cc1. The van der Waals surface area contributed by atoms with Crippen molar-refractivity contribution in [3.63, 3.8) is 0 Å². The molecule has 0 saturated carbocycles. The molecule has 0 unspecified atom stereocenters. The maximum absolute atomic E-state index is 12.7. The zero-order valence-electron chi connectivity index (χ0n) is 19.2. The lowest BCUT2D eigenvalue weighted by Crippen LogP contribution is -2.30. The molecule has 2 aromatic rings. The van der Waals surface area contributed by atoms with Gasteiger partial charge in [-0.05, 0) is 52.7 Å². The summed E-state index contributed by atoms with van der Waals surface area (Å²) in [6, 6.07) is 16.6. The number of hydrogen-bond acceptors (Lipinski definition) is 4. The van der Waals surface area contributed by atoms with E-state index in [0.717, 1.165) is 11.1 Å². The summed E-state index contributed by atoms with van der Waals surface area (Å²) in [4.78, 5) is 24.8. The maximum atomic E-state index is 12.7. The Morgan fingerprint density at radius 1 is 0.833 bits per heavy atom. The van der Waals surface area contributed by atoms with Gasteiger partial charge in [0.15, 0.2) is 0 Å². The van der Waals surface area contributed by atoms with Gasteiger partial charge in [0.25, 0.3) is 0 Å². The average Bonchev–Trinajstić information content (AvgIpc) is 2.63. The number of carbonyl (C=O) groups excluding carboxylic acids is 2. The third-order valence-electron chi connectivity index (χ3n) is 4.94. The van der Waals surface area contributed by atoms with E-state index in [9.17, 15) is 9.59 Å². The molecule has 0 heterocycles. The monoisotopic (exact) mass is 410 g/mol. The molecule has 0 aliphatic heterocycles. The zero-order valence-corrected chi connectivity index (χ0v) is 19.2. The Labute approximate surface area is 180 Å². The molecule has 0 aliphatic rings. The van der Waals surface area contributed by atoms with Gasteiger partial charge in [-0.3, -0.25) is 9.59 Å². The van der Waals surface area contributed by atoms with Gasteiger partial charge in [-0.15, -0.1) is 0 Å².